The number of aromatic nitrogens is 1. The number of para-hydroxylation sites is 1. The van der Waals surface area contributed by atoms with E-state index in [1.165, 1.54) is 11.3 Å². The first-order valence-corrected chi connectivity index (χ1v) is 7.48. The molecule has 0 unspecified atom stereocenters. The molecule has 0 amide bonds. The second-order valence-corrected chi connectivity index (χ2v) is 5.79. The number of benzene rings is 2. The van der Waals surface area contributed by atoms with Crippen molar-refractivity contribution in [2.24, 2.45) is 0 Å². The molecule has 104 valence electrons. The molecule has 0 saturated heterocycles. The number of Topliss-reactive ketones (excluding diaryl/α,β-unsaturated/α-hetero) is 1. The van der Waals surface area contributed by atoms with Gasteiger partial charge in [0.05, 0.1) is 5.52 Å². The Morgan fingerprint density at radius 2 is 1.71 bits per heavy atom. The predicted octanol–water partition coefficient (Wildman–Crippen LogP) is 4.46. The number of ketones is 1. The van der Waals surface area contributed by atoms with Gasteiger partial charge in [-0.2, -0.15) is 0 Å². The van der Waals surface area contributed by atoms with Crippen LogP contribution in [0, 0.1) is 6.92 Å². The van der Waals surface area contributed by atoms with Gasteiger partial charge in [0.2, 0.25) is 0 Å². The van der Waals surface area contributed by atoms with Gasteiger partial charge < -0.3 is 4.57 Å². The monoisotopic (exact) mass is 275 g/mol. The van der Waals surface area contributed by atoms with Crippen molar-refractivity contribution >= 4 is 16.7 Å². The average Bonchev–Trinajstić information content (AvgIpc) is 2.84. The maximum atomic E-state index is 12.4. The van der Waals surface area contributed by atoms with Crippen molar-refractivity contribution in [3.63, 3.8) is 0 Å². The minimum atomic E-state index is 0.290. The summed E-state index contributed by atoms with van der Waals surface area (Å²) in [4.78, 5) is 12.4. The van der Waals surface area contributed by atoms with Crippen LogP contribution in [0.3, 0.4) is 0 Å². The van der Waals surface area contributed by atoms with E-state index in [2.05, 4.69) is 47.9 Å². The van der Waals surface area contributed by atoms with Crippen LogP contribution in [0.25, 0.3) is 16.6 Å². The van der Waals surface area contributed by atoms with Crippen molar-refractivity contribution in [1.82, 2.24) is 4.57 Å². The normalized spacial score (nSPS) is 14.4. The Kier molecular flexibility index (Phi) is 2.71. The van der Waals surface area contributed by atoms with E-state index in [0.717, 1.165) is 35.0 Å². The van der Waals surface area contributed by atoms with Crippen LogP contribution in [-0.4, -0.2) is 10.4 Å². The van der Waals surface area contributed by atoms with Crippen LogP contribution < -0.4 is 0 Å². The smallest absolute Gasteiger partial charge is 0.165 e. The second-order valence-electron chi connectivity index (χ2n) is 5.79. The summed E-state index contributed by atoms with van der Waals surface area (Å²) in [6.45, 7) is 2.09. The highest BCUT2D eigenvalue weighted by Gasteiger charge is 2.25. The molecule has 0 bridgehead atoms. The zero-order chi connectivity index (χ0) is 14.4. The topological polar surface area (TPSA) is 22.0 Å². The molecule has 4 rings (SSSR count). The van der Waals surface area contributed by atoms with E-state index in [0.29, 0.717) is 12.2 Å². The standard InChI is InChI=1S/C19H17NO/c1-13-9-11-14(12-10-13)20-16-6-3-2-5-15(16)19-17(20)7-4-8-18(19)21/h2-3,5-6,9-12H,4,7-8H2,1H3. The molecule has 0 fully saturated rings. The second kappa shape index (κ2) is 4.59. The first-order chi connectivity index (χ1) is 10.3. The van der Waals surface area contributed by atoms with Crippen LogP contribution in [0.4, 0.5) is 0 Å². The third-order valence-electron chi connectivity index (χ3n) is 4.36. The molecule has 0 saturated carbocycles. The number of carbonyl (C=O) groups is 1. The van der Waals surface area contributed by atoms with Crippen molar-refractivity contribution < 1.29 is 4.79 Å². The van der Waals surface area contributed by atoms with Crippen LogP contribution in [0.2, 0.25) is 0 Å². The summed E-state index contributed by atoms with van der Waals surface area (Å²) < 4.78 is 2.27. The molecule has 1 aromatic heterocycles. The minimum Gasteiger partial charge on any atom is -0.313 e. The van der Waals surface area contributed by atoms with E-state index in [9.17, 15) is 4.79 Å². The zero-order valence-corrected chi connectivity index (χ0v) is 12.1. The molecule has 2 nitrogen and oxygen atoms in total. The Labute approximate surface area is 124 Å². The fraction of sp³-hybridized carbons (Fsp3) is 0.211. The number of nitrogens with zero attached hydrogens (tertiary/aromatic N) is 1. The lowest BCUT2D eigenvalue weighted by Gasteiger charge is -2.15. The fourth-order valence-corrected chi connectivity index (χ4v) is 3.37. The minimum absolute atomic E-state index is 0.290. The van der Waals surface area contributed by atoms with Gasteiger partial charge in [-0.15, -0.1) is 0 Å². The van der Waals surface area contributed by atoms with Gasteiger partial charge >= 0.3 is 0 Å². The van der Waals surface area contributed by atoms with E-state index in [4.69, 9.17) is 0 Å². The van der Waals surface area contributed by atoms with Crippen LogP contribution in [0.1, 0.15) is 34.5 Å². The number of fused-ring (bicyclic) bond motifs is 3. The number of aryl methyl sites for hydroxylation is 1. The summed E-state index contributed by atoms with van der Waals surface area (Å²) >= 11 is 0. The molecular weight excluding hydrogens is 258 g/mol. The van der Waals surface area contributed by atoms with Gasteiger partial charge in [0.1, 0.15) is 0 Å². The fourth-order valence-electron chi connectivity index (χ4n) is 3.37. The molecule has 1 heterocycles. The Balaban J connectivity index is 2.09. The quantitative estimate of drug-likeness (QED) is 0.642. The molecule has 2 aromatic carbocycles. The first kappa shape index (κ1) is 12.4. The summed E-state index contributed by atoms with van der Waals surface area (Å²) in [5.74, 6) is 0.290. The lowest BCUT2D eigenvalue weighted by atomic mass is 9.94. The van der Waals surface area contributed by atoms with Crippen LogP contribution in [0.5, 0.6) is 0 Å². The lowest BCUT2D eigenvalue weighted by molar-refractivity contribution is 0.0973. The van der Waals surface area contributed by atoms with Crippen molar-refractivity contribution in [2.45, 2.75) is 26.2 Å². The highest BCUT2D eigenvalue weighted by molar-refractivity contribution is 6.10. The summed E-state index contributed by atoms with van der Waals surface area (Å²) in [5.41, 5.74) is 5.66. The van der Waals surface area contributed by atoms with Crippen LogP contribution in [-0.2, 0) is 6.42 Å². The van der Waals surface area contributed by atoms with Crippen LogP contribution >= 0.6 is 0 Å². The Morgan fingerprint density at radius 1 is 0.952 bits per heavy atom. The summed E-state index contributed by atoms with van der Waals surface area (Å²) in [6.07, 6.45) is 2.60. The maximum absolute atomic E-state index is 12.4. The Bertz CT molecular complexity index is 840. The van der Waals surface area contributed by atoms with Gasteiger partial charge in [-0.1, -0.05) is 35.9 Å². The molecule has 21 heavy (non-hydrogen) atoms. The van der Waals surface area contributed by atoms with E-state index in [1.54, 1.807) is 0 Å². The maximum Gasteiger partial charge on any atom is 0.165 e. The van der Waals surface area contributed by atoms with E-state index in [-0.39, 0.29) is 0 Å². The molecule has 1 aliphatic carbocycles. The summed E-state index contributed by atoms with van der Waals surface area (Å²) in [7, 11) is 0. The highest BCUT2D eigenvalue weighted by Crippen LogP contribution is 2.34. The molecular formula is C19H17NO. The molecule has 0 radical (unpaired) electrons. The van der Waals surface area contributed by atoms with Gasteiger partial charge in [-0.3, -0.25) is 4.79 Å². The molecule has 0 N–H and O–H groups in total. The highest BCUT2D eigenvalue weighted by atomic mass is 16.1. The summed E-state index contributed by atoms with van der Waals surface area (Å²) in [5, 5.41) is 1.10. The van der Waals surface area contributed by atoms with Gasteiger partial charge in [0, 0.05) is 28.8 Å². The average molecular weight is 275 g/mol. The Hall–Kier alpha value is -2.35. The molecule has 2 heteroatoms. The molecule has 0 atom stereocenters. The zero-order valence-electron chi connectivity index (χ0n) is 12.1. The van der Waals surface area contributed by atoms with Crippen molar-refractivity contribution in [1.29, 1.82) is 0 Å². The number of hydrogen-bond acceptors (Lipinski definition) is 1. The number of rotatable bonds is 1. The van der Waals surface area contributed by atoms with E-state index in [1.807, 2.05) is 12.1 Å². The van der Waals surface area contributed by atoms with Gasteiger partial charge in [-0.05, 0) is 38.0 Å². The van der Waals surface area contributed by atoms with Gasteiger partial charge in [0.25, 0.3) is 0 Å². The van der Waals surface area contributed by atoms with Gasteiger partial charge in [0.15, 0.2) is 5.78 Å². The molecule has 1 aliphatic rings. The summed E-state index contributed by atoms with van der Waals surface area (Å²) in [6, 6.07) is 16.8. The SMILES string of the molecule is Cc1ccc(-n2c3c(c4ccccc42)C(=O)CCC3)cc1. The predicted molar refractivity (Wildman–Crippen MR) is 85.3 cm³/mol. The number of carbonyl (C=O) groups excluding carboxylic acids is 1. The third-order valence-corrected chi connectivity index (χ3v) is 4.36. The van der Waals surface area contributed by atoms with Gasteiger partial charge in [-0.25, -0.2) is 0 Å². The van der Waals surface area contributed by atoms with Crippen molar-refractivity contribution in [2.75, 3.05) is 0 Å². The third kappa shape index (κ3) is 1.83. The van der Waals surface area contributed by atoms with Crippen molar-refractivity contribution in [3.05, 3.63) is 65.4 Å². The van der Waals surface area contributed by atoms with E-state index < -0.39 is 0 Å². The molecule has 0 aliphatic heterocycles. The first-order valence-electron chi connectivity index (χ1n) is 7.48. The van der Waals surface area contributed by atoms with E-state index >= 15 is 0 Å². The lowest BCUT2D eigenvalue weighted by Crippen LogP contribution is -2.12. The number of hydrogen-bond donors (Lipinski definition) is 0. The molecule has 3 aromatic rings. The largest absolute Gasteiger partial charge is 0.313 e. The molecule has 0 spiro atoms. The van der Waals surface area contributed by atoms with Crippen molar-refractivity contribution in [3.8, 4) is 5.69 Å². The Morgan fingerprint density at radius 3 is 2.52 bits per heavy atom. The van der Waals surface area contributed by atoms with Crippen LogP contribution in [0.15, 0.2) is 48.5 Å².